The van der Waals surface area contributed by atoms with Crippen LogP contribution in [0.3, 0.4) is 0 Å². The number of carboxylic acid groups (broad SMARTS) is 1. The van der Waals surface area contributed by atoms with E-state index in [0.717, 1.165) is 0 Å². The summed E-state index contributed by atoms with van der Waals surface area (Å²) in [5, 5.41) is 26.7. The monoisotopic (exact) mass is 236 g/mol. The van der Waals surface area contributed by atoms with E-state index in [0.29, 0.717) is 0 Å². The molecule has 1 aromatic carbocycles. The highest BCUT2D eigenvalue weighted by molar-refractivity contribution is 6.39. The zero-order chi connectivity index (χ0) is 11.0. The predicted molar refractivity (Wildman–Crippen MR) is 51.5 cm³/mol. The molecule has 0 aliphatic carbocycles. The largest absolute Gasteiger partial charge is 0.505 e. The molecule has 0 spiro atoms. The number of aromatic carboxylic acids is 1. The molecule has 1 aromatic rings. The first-order valence-corrected chi connectivity index (χ1v) is 4.26. The summed E-state index contributed by atoms with van der Waals surface area (Å²) in [6.07, 6.45) is 0. The maximum absolute atomic E-state index is 10.7. The van der Waals surface area contributed by atoms with Gasteiger partial charge in [-0.25, -0.2) is 4.79 Å². The lowest BCUT2D eigenvalue weighted by atomic mass is 10.1. The lowest BCUT2D eigenvalue weighted by molar-refractivity contribution is 0.0693. The molecule has 6 heteroatoms. The maximum Gasteiger partial charge on any atom is 0.339 e. The number of hydrogen-bond donors (Lipinski definition) is 3. The van der Waals surface area contributed by atoms with Crippen molar-refractivity contribution in [3.63, 3.8) is 0 Å². The molecular formula is C8H6Cl2O4. The lowest BCUT2D eigenvalue weighted by Crippen LogP contribution is -2.01. The number of carboxylic acids is 1. The molecule has 0 bridgehead atoms. The number of rotatable bonds is 1. The van der Waals surface area contributed by atoms with E-state index < -0.39 is 28.1 Å². The van der Waals surface area contributed by atoms with Crippen molar-refractivity contribution >= 4 is 29.2 Å². The third kappa shape index (κ3) is 1.47. The van der Waals surface area contributed by atoms with Crippen LogP contribution in [0.5, 0.6) is 11.5 Å². The van der Waals surface area contributed by atoms with Gasteiger partial charge in [-0.2, -0.15) is 0 Å². The highest BCUT2D eigenvalue weighted by Gasteiger charge is 2.23. The summed E-state index contributed by atoms with van der Waals surface area (Å²) in [7, 11) is 0. The molecule has 0 aliphatic heterocycles. The minimum absolute atomic E-state index is 0.0681. The number of benzene rings is 1. The third-order valence-corrected chi connectivity index (χ3v) is 2.60. The average Bonchev–Trinajstić information content (AvgIpc) is 2.11. The van der Waals surface area contributed by atoms with E-state index in [1.807, 2.05) is 0 Å². The quantitative estimate of drug-likeness (QED) is 0.700. The van der Waals surface area contributed by atoms with Gasteiger partial charge in [-0.05, 0) is 12.5 Å². The average molecular weight is 237 g/mol. The minimum Gasteiger partial charge on any atom is -0.505 e. The second-order valence-corrected chi connectivity index (χ2v) is 3.39. The lowest BCUT2D eigenvalue weighted by Gasteiger charge is -2.09. The molecule has 0 radical (unpaired) electrons. The summed E-state index contributed by atoms with van der Waals surface area (Å²) < 4.78 is 0. The number of halogens is 2. The van der Waals surface area contributed by atoms with Crippen molar-refractivity contribution in [2.24, 2.45) is 0 Å². The van der Waals surface area contributed by atoms with Gasteiger partial charge in [0.1, 0.15) is 10.6 Å². The molecule has 0 amide bonds. The molecule has 0 aromatic heterocycles. The van der Waals surface area contributed by atoms with Gasteiger partial charge in [0.15, 0.2) is 11.5 Å². The number of aromatic hydroxyl groups is 2. The minimum atomic E-state index is -1.36. The second-order valence-electron chi connectivity index (χ2n) is 2.63. The molecule has 0 aliphatic rings. The molecule has 3 N–H and O–H groups in total. The van der Waals surface area contributed by atoms with Crippen LogP contribution in [0, 0.1) is 6.92 Å². The molecule has 0 unspecified atom stereocenters. The second kappa shape index (κ2) is 3.55. The third-order valence-electron chi connectivity index (χ3n) is 1.78. The summed E-state index contributed by atoms with van der Waals surface area (Å²) in [5.41, 5.74) is -0.337. The van der Waals surface area contributed by atoms with Crippen LogP contribution in [0.2, 0.25) is 10.0 Å². The number of phenolic OH excluding ortho intramolecular Hbond substituents is 1. The van der Waals surface area contributed by atoms with E-state index in [1.165, 1.54) is 6.92 Å². The van der Waals surface area contributed by atoms with Crippen LogP contribution in [0.4, 0.5) is 0 Å². The van der Waals surface area contributed by atoms with Gasteiger partial charge in [0.05, 0.1) is 5.02 Å². The molecule has 76 valence electrons. The van der Waals surface area contributed by atoms with Crippen molar-refractivity contribution in [2.45, 2.75) is 6.92 Å². The Labute approximate surface area is 89.3 Å². The van der Waals surface area contributed by atoms with Crippen LogP contribution in [-0.2, 0) is 0 Å². The Kier molecular flexibility index (Phi) is 2.78. The molecule has 0 saturated heterocycles. The van der Waals surface area contributed by atoms with E-state index in [1.54, 1.807) is 0 Å². The van der Waals surface area contributed by atoms with E-state index in [9.17, 15) is 15.0 Å². The van der Waals surface area contributed by atoms with Gasteiger partial charge in [0, 0.05) is 0 Å². The molecule has 1 rings (SSSR count). The SMILES string of the molecule is Cc1c(Cl)c(O)c(Cl)c(O)c1C(=O)O. The Morgan fingerprint density at radius 2 is 1.64 bits per heavy atom. The molecular weight excluding hydrogens is 231 g/mol. The van der Waals surface area contributed by atoms with E-state index >= 15 is 0 Å². The van der Waals surface area contributed by atoms with Crippen LogP contribution in [0.15, 0.2) is 0 Å². The van der Waals surface area contributed by atoms with Crippen LogP contribution < -0.4 is 0 Å². The Morgan fingerprint density at radius 3 is 2.07 bits per heavy atom. The topological polar surface area (TPSA) is 77.8 Å². The molecule has 0 saturated carbocycles. The number of carbonyl (C=O) groups is 1. The van der Waals surface area contributed by atoms with Crippen LogP contribution >= 0.6 is 23.2 Å². The highest BCUT2D eigenvalue weighted by Crippen LogP contribution is 2.43. The van der Waals surface area contributed by atoms with Crippen LogP contribution in [-0.4, -0.2) is 21.3 Å². The maximum atomic E-state index is 10.7. The molecule has 0 heterocycles. The highest BCUT2D eigenvalue weighted by atomic mass is 35.5. The number of phenols is 2. The van der Waals surface area contributed by atoms with Crippen LogP contribution in [0.1, 0.15) is 15.9 Å². The summed E-state index contributed by atoms with van der Waals surface area (Å²) in [6, 6.07) is 0. The van der Waals surface area contributed by atoms with Gasteiger partial charge in [-0.3, -0.25) is 0 Å². The Balaban J connectivity index is 3.68. The Hall–Kier alpha value is -1.13. The fourth-order valence-corrected chi connectivity index (χ4v) is 1.47. The van der Waals surface area contributed by atoms with Gasteiger partial charge in [0.2, 0.25) is 0 Å². The normalized spacial score (nSPS) is 10.2. The molecule has 0 atom stereocenters. The molecule has 0 fully saturated rings. The summed E-state index contributed by atoms with van der Waals surface area (Å²) in [4.78, 5) is 10.7. The Morgan fingerprint density at radius 1 is 1.14 bits per heavy atom. The summed E-state index contributed by atoms with van der Waals surface area (Å²) in [5.74, 6) is -2.56. The van der Waals surface area contributed by atoms with Gasteiger partial charge < -0.3 is 15.3 Å². The van der Waals surface area contributed by atoms with E-state index in [4.69, 9.17) is 28.3 Å². The van der Waals surface area contributed by atoms with Crippen molar-refractivity contribution < 1.29 is 20.1 Å². The van der Waals surface area contributed by atoms with Crippen molar-refractivity contribution in [1.29, 1.82) is 0 Å². The fourth-order valence-electron chi connectivity index (χ4n) is 1.04. The standard InChI is InChI=1S/C8H6Cl2O4/c1-2-3(8(13)14)6(11)5(10)7(12)4(2)9/h11-12H,1H3,(H,13,14). The zero-order valence-electron chi connectivity index (χ0n) is 7.01. The van der Waals surface area contributed by atoms with Crippen molar-refractivity contribution in [2.75, 3.05) is 0 Å². The van der Waals surface area contributed by atoms with Gasteiger partial charge >= 0.3 is 5.97 Å². The first kappa shape index (κ1) is 10.9. The van der Waals surface area contributed by atoms with Crippen molar-refractivity contribution in [1.82, 2.24) is 0 Å². The van der Waals surface area contributed by atoms with Gasteiger partial charge in [-0.1, -0.05) is 23.2 Å². The molecule has 14 heavy (non-hydrogen) atoms. The fraction of sp³-hybridized carbons (Fsp3) is 0.125. The van der Waals surface area contributed by atoms with E-state index in [2.05, 4.69) is 0 Å². The van der Waals surface area contributed by atoms with Crippen LogP contribution in [0.25, 0.3) is 0 Å². The Bertz CT molecular complexity index is 385. The van der Waals surface area contributed by atoms with Gasteiger partial charge in [-0.15, -0.1) is 0 Å². The van der Waals surface area contributed by atoms with Crippen molar-refractivity contribution in [3.05, 3.63) is 21.2 Å². The molecule has 4 nitrogen and oxygen atoms in total. The van der Waals surface area contributed by atoms with Crippen molar-refractivity contribution in [3.8, 4) is 11.5 Å². The first-order valence-electron chi connectivity index (χ1n) is 3.50. The zero-order valence-corrected chi connectivity index (χ0v) is 8.52. The first-order chi connectivity index (χ1) is 6.37. The summed E-state index contributed by atoms with van der Waals surface area (Å²) >= 11 is 11.1. The smallest absolute Gasteiger partial charge is 0.339 e. The van der Waals surface area contributed by atoms with Gasteiger partial charge in [0.25, 0.3) is 0 Å². The van der Waals surface area contributed by atoms with E-state index in [-0.39, 0.29) is 10.6 Å². The number of hydrogen-bond acceptors (Lipinski definition) is 3. The summed E-state index contributed by atoms with van der Waals surface area (Å²) in [6.45, 7) is 1.36. The predicted octanol–water partition coefficient (Wildman–Crippen LogP) is 2.41.